The molecule has 1 heterocycles. The van der Waals surface area contributed by atoms with Crippen molar-refractivity contribution in [1.82, 2.24) is 9.97 Å². The summed E-state index contributed by atoms with van der Waals surface area (Å²) in [5.41, 5.74) is 0. The first-order valence-corrected chi connectivity index (χ1v) is 7.45. The van der Waals surface area contributed by atoms with Gasteiger partial charge in [-0.25, -0.2) is 4.98 Å². The summed E-state index contributed by atoms with van der Waals surface area (Å²) in [4.78, 5) is 11.3. The topological polar surface area (TPSA) is 41.1 Å². The maximum Gasteiger partial charge on any atom is 0.224 e. The first-order chi connectivity index (χ1) is 9.12. The minimum Gasteiger partial charge on any atom is -0.354 e. The Hall–Kier alpha value is -1.32. The van der Waals surface area contributed by atoms with Crippen molar-refractivity contribution in [2.45, 2.75) is 53.5 Å². The summed E-state index contributed by atoms with van der Waals surface area (Å²) in [5, 5.41) is 3.18. The van der Waals surface area contributed by atoms with Gasteiger partial charge in [0.05, 0.1) is 0 Å². The molecule has 1 N–H and O–H groups in total. The third-order valence-electron chi connectivity index (χ3n) is 3.22. The highest BCUT2D eigenvalue weighted by atomic mass is 15.2. The van der Waals surface area contributed by atoms with Gasteiger partial charge in [-0.1, -0.05) is 27.7 Å². The quantitative estimate of drug-likeness (QED) is 0.779. The summed E-state index contributed by atoms with van der Waals surface area (Å²) in [6.07, 6.45) is 4.13. The summed E-state index contributed by atoms with van der Waals surface area (Å²) < 4.78 is 0. The highest BCUT2D eigenvalue weighted by Crippen LogP contribution is 2.20. The molecule has 0 bridgehead atoms. The van der Waals surface area contributed by atoms with Crippen molar-refractivity contribution >= 4 is 11.8 Å². The van der Waals surface area contributed by atoms with Crippen molar-refractivity contribution < 1.29 is 0 Å². The Morgan fingerprint density at radius 1 is 1.21 bits per heavy atom. The number of nitrogens with zero attached hydrogens (tertiary/aromatic N) is 3. The van der Waals surface area contributed by atoms with Gasteiger partial charge in [0.2, 0.25) is 5.95 Å². The predicted molar refractivity (Wildman–Crippen MR) is 82.7 cm³/mol. The Kier molecular flexibility index (Phi) is 6.60. The lowest BCUT2D eigenvalue weighted by atomic mass is 10.1. The van der Waals surface area contributed by atoms with Gasteiger partial charge < -0.3 is 10.2 Å². The highest BCUT2D eigenvalue weighted by molar-refractivity contribution is 5.43. The average molecular weight is 264 g/mol. The van der Waals surface area contributed by atoms with E-state index in [2.05, 4.69) is 54.8 Å². The number of nitrogens with one attached hydrogen (secondary N) is 1. The molecule has 0 unspecified atom stereocenters. The Morgan fingerprint density at radius 2 is 1.89 bits per heavy atom. The number of aromatic nitrogens is 2. The maximum atomic E-state index is 4.64. The zero-order chi connectivity index (χ0) is 14.3. The number of hydrogen-bond donors (Lipinski definition) is 1. The van der Waals surface area contributed by atoms with Gasteiger partial charge in [-0.05, 0) is 31.7 Å². The van der Waals surface area contributed by atoms with Gasteiger partial charge >= 0.3 is 0 Å². The second-order valence-corrected chi connectivity index (χ2v) is 5.29. The first-order valence-electron chi connectivity index (χ1n) is 7.45. The maximum absolute atomic E-state index is 4.64. The predicted octanol–water partition coefficient (Wildman–Crippen LogP) is 3.56. The smallest absolute Gasteiger partial charge is 0.224 e. The molecule has 1 aromatic heterocycles. The van der Waals surface area contributed by atoms with Crippen LogP contribution in [0, 0.1) is 5.92 Å². The van der Waals surface area contributed by atoms with Crippen molar-refractivity contribution in [2.75, 3.05) is 23.3 Å². The third kappa shape index (κ3) is 4.69. The number of anilines is 2. The zero-order valence-electron chi connectivity index (χ0n) is 13.0. The van der Waals surface area contributed by atoms with Crippen LogP contribution in [0.1, 0.15) is 47.5 Å². The largest absolute Gasteiger partial charge is 0.354 e. The summed E-state index contributed by atoms with van der Waals surface area (Å²) >= 11 is 0. The van der Waals surface area contributed by atoms with Gasteiger partial charge in [-0.3, -0.25) is 0 Å². The van der Waals surface area contributed by atoms with E-state index in [0.29, 0.717) is 12.0 Å². The van der Waals surface area contributed by atoms with E-state index in [1.54, 1.807) is 0 Å². The van der Waals surface area contributed by atoms with Crippen molar-refractivity contribution in [3.63, 3.8) is 0 Å². The molecule has 0 aliphatic carbocycles. The Bertz CT molecular complexity index is 361. The van der Waals surface area contributed by atoms with Gasteiger partial charge in [-0.2, -0.15) is 4.98 Å². The van der Waals surface area contributed by atoms with Crippen LogP contribution < -0.4 is 10.2 Å². The molecule has 0 saturated heterocycles. The van der Waals surface area contributed by atoms with Crippen LogP contribution in [-0.2, 0) is 0 Å². The molecule has 0 radical (unpaired) electrons. The highest BCUT2D eigenvalue weighted by Gasteiger charge is 2.18. The van der Waals surface area contributed by atoms with Crippen molar-refractivity contribution in [3.05, 3.63) is 12.3 Å². The van der Waals surface area contributed by atoms with Gasteiger partial charge in [0, 0.05) is 25.3 Å². The summed E-state index contributed by atoms with van der Waals surface area (Å²) in [5.74, 6) is 2.38. The molecule has 4 nitrogen and oxygen atoms in total. The lowest BCUT2D eigenvalue weighted by Gasteiger charge is -2.33. The van der Waals surface area contributed by atoms with Gasteiger partial charge in [0.15, 0.2) is 0 Å². The molecule has 0 amide bonds. The van der Waals surface area contributed by atoms with Crippen LogP contribution in [0.25, 0.3) is 0 Å². The minimum absolute atomic E-state index is 0.548. The molecule has 0 atom stereocenters. The molecule has 1 aromatic rings. The van der Waals surface area contributed by atoms with Crippen molar-refractivity contribution in [2.24, 2.45) is 5.92 Å². The van der Waals surface area contributed by atoms with Crippen LogP contribution in [0.15, 0.2) is 12.3 Å². The molecule has 0 spiro atoms. The van der Waals surface area contributed by atoms with Crippen LogP contribution in [0.3, 0.4) is 0 Å². The van der Waals surface area contributed by atoms with Gasteiger partial charge in [0.25, 0.3) is 0 Å². The van der Waals surface area contributed by atoms with E-state index in [-0.39, 0.29) is 0 Å². The summed E-state index contributed by atoms with van der Waals surface area (Å²) in [6, 6.07) is 2.56. The molecule has 4 heteroatoms. The second-order valence-electron chi connectivity index (χ2n) is 5.29. The molecule has 0 fully saturated rings. The van der Waals surface area contributed by atoms with E-state index in [0.717, 1.165) is 37.7 Å². The fourth-order valence-electron chi connectivity index (χ4n) is 2.30. The zero-order valence-corrected chi connectivity index (χ0v) is 13.0. The molecule has 19 heavy (non-hydrogen) atoms. The van der Waals surface area contributed by atoms with E-state index in [9.17, 15) is 0 Å². The van der Waals surface area contributed by atoms with Gasteiger partial charge in [-0.15, -0.1) is 0 Å². The third-order valence-corrected chi connectivity index (χ3v) is 3.22. The number of hydrogen-bond acceptors (Lipinski definition) is 4. The average Bonchev–Trinajstić information content (AvgIpc) is 2.39. The molecule has 0 aliphatic heterocycles. The van der Waals surface area contributed by atoms with Crippen LogP contribution in [0.2, 0.25) is 0 Å². The first kappa shape index (κ1) is 15.7. The monoisotopic (exact) mass is 264 g/mol. The van der Waals surface area contributed by atoms with E-state index >= 15 is 0 Å². The van der Waals surface area contributed by atoms with Crippen molar-refractivity contribution in [3.8, 4) is 0 Å². The van der Waals surface area contributed by atoms with E-state index in [1.807, 2.05) is 12.3 Å². The lowest BCUT2D eigenvalue weighted by Crippen LogP contribution is -2.38. The van der Waals surface area contributed by atoms with E-state index in [4.69, 9.17) is 0 Å². The van der Waals surface area contributed by atoms with Crippen molar-refractivity contribution in [1.29, 1.82) is 0 Å². The Balaban J connectivity index is 2.98. The fraction of sp³-hybridized carbons (Fsp3) is 0.733. The molecule has 0 aromatic carbocycles. The Morgan fingerprint density at radius 3 is 2.42 bits per heavy atom. The van der Waals surface area contributed by atoms with Crippen LogP contribution in [0.4, 0.5) is 11.8 Å². The number of rotatable bonds is 8. The molecule has 1 rings (SSSR count). The lowest BCUT2D eigenvalue weighted by molar-refractivity contribution is 0.503. The summed E-state index contributed by atoms with van der Waals surface area (Å²) in [6.45, 7) is 12.9. The molecule has 0 saturated carbocycles. The molecule has 108 valence electrons. The fourth-order valence-corrected chi connectivity index (χ4v) is 2.30. The van der Waals surface area contributed by atoms with Crippen LogP contribution in [-0.4, -0.2) is 29.1 Å². The molecular weight excluding hydrogens is 236 g/mol. The van der Waals surface area contributed by atoms with E-state index in [1.165, 1.54) is 0 Å². The SMILES string of the molecule is CCNc1nccc(N(CC(C)C)C(CC)CC)n1. The standard InChI is InChI=1S/C15H28N4/c1-6-13(7-2)19(11-12(4)5)14-9-10-17-15(18-14)16-8-3/h9-10,12-13H,6-8,11H2,1-5H3,(H,16,17,18). The molecule has 0 aliphatic rings. The van der Waals surface area contributed by atoms with Crippen LogP contribution >= 0.6 is 0 Å². The summed E-state index contributed by atoms with van der Waals surface area (Å²) in [7, 11) is 0. The van der Waals surface area contributed by atoms with E-state index < -0.39 is 0 Å². The van der Waals surface area contributed by atoms with Gasteiger partial charge in [0.1, 0.15) is 5.82 Å². The van der Waals surface area contributed by atoms with Crippen LogP contribution in [0.5, 0.6) is 0 Å². The molecular formula is C15H28N4. The second kappa shape index (κ2) is 7.97. The Labute approximate surface area is 117 Å². The minimum atomic E-state index is 0.548. The normalized spacial score (nSPS) is 11.1.